The summed E-state index contributed by atoms with van der Waals surface area (Å²) >= 11 is 0. The average molecular weight is 388 g/mol. The van der Waals surface area contributed by atoms with E-state index in [9.17, 15) is 40.6 Å². The molecule has 2 fully saturated rings. The molecule has 3 rings (SSSR count). The summed E-state index contributed by atoms with van der Waals surface area (Å²) in [5.74, 6) is -9.24. The maximum atomic E-state index is 13.4. The minimum Gasteiger partial charge on any atom is -0.477 e. The van der Waals surface area contributed by atoms with Crippen LogP contribution in [0.1, 0.15) is 60.3 Å². The lowest BCUT2D eigenvalue weighted by molar-refractivity contribution is -0.160. The van der Waals surface area contributed by atoms with Crippen LogP contribution in [0.2, 0.25) is 0 Å². The van der Waals surface area contributed by atoms with Gasteiger partial charge in [-0.15, -0.1) is 0 Å². The lowest BCUT2D eigenvalue weighted by atomic mass is 9.67. The van der Waals surface area contributed by atoms with E-state index in [1.165, 1.54) is 6.92 Å². The Morgan fingerprint density at radius 1 is 1.19 bits per heavy atom. The van der Waals surface area contributed by atoms with E-state index in [-0.39, 0.29) is 0 Å². The molecule has 26 heavy (non-hydrogen) atoms. The molecular formula is C15H15F7N2O2. The SMILES string of the molecule is CC1(Cn2nc(C3CC(F)(F)C3)c(C(F)(F)F)c2C(=O)O)CC(F)(F)C1. The fraction of sp³-hybridized carbons (Fsp3) is 0.733. The number of carboxylic acids is 1. The highest BCUT2D eigenvalue weighted by atomic mass is 19.4. The van der Waals surface area contributed by atoms with E-state index in [4.69, 9.17) is 0 Å². The van der Waals surface area contributed by atoms with Crippen LogP contribution in [0.15, 0.2) is 0 Å². The Morgan fingerprint density at radius 2 is 1.73 bits per heavy atom. The average Bonchev–Trinajstić information content (AvgIpc) is 2.71. The molecule has 1 N–H and O–H groups in total. The Kier molecular flexibility index (Phi) is 3.90. The molecule has 2 aliphatic rings. The lowest BCUT2D eigenvalue weighted by Gasteiger charge is -2.44. The van der Waals surface area contributed by atoms with Crippen LogP contribution in [-0.4, -0.2) is 32.7 Å². The van der Waals surface area contributed by atoms with Gasteiger partial charge >= 0.3 is 12.1 Å². The van der Waals surface area contributed by atoms with Crippen LogP contribution in [0, 0.1) is 5.41 Å². The van der Waals surface area contributed by atoms with Crippen LogP contribution in [0.25, 0.3) is 0 Å². The van der Waals surface area contributed by atoms with Crippen LogP contribution in [0.5, 0.6) is 0 Å². The summed E-state index contributed by atoms with van der Waals surface area (Å²) in [6, 6.07) is 0. The van der Waals surface area contributed by atoms with Gasteiger partial charge in [0, 0.05) is 38.1 Å². The highest BCUT2D eigenvalue weighted by Gasteiger charge is 2.56. The molecule has 11 heteroatoms. The van der Waals surface area contributed by atoms with Crippen molar-refractivity contribution >= 4 is 5.97 Å². The van der Waals surface area contributed by atoms with E-state index in [2.05, 4.69) is 5.10 Å². The Bertz CT molecular complexity index is 738. The number of carboxylic acid groups (broad SMARTS) is 1. The first kappa shape index (κ1) is 19.0. The maximum Gasteiger partial charge on any atom is 0.420 e. The molecular weight excluding hydrogens is 373 g/mol. The van der Waals surface area contributed by atoms with E-state index < -0.39 is 84.5 Å². The van der Waals surface area contributed by atoms with Crippen LogP contribution >= 0.6 is 0 Å². The number of alkyl halides is 7. The van der Waals surface area contributed by atoms with Crippen LogP contribution in [-0.2, 0) is 12.7 Å². The fourth-order valence-corrected chi connectivity index (χ4v) is 3.90. The molecule has 0 saturated heterocycles. The van der Waals surface area contributed by atoms with Gasteiger partial charge < -0.3 is 5.11 Å². The first-order valence-electron chi connectivity index (χ1n) is 7.79. The Morgan fingerprint density at radius 3 is 2.12 bits per heavy atom. The van der Waals surface area contributed by atoms with Gasteiger partial charge in [-0.3, -0.25) is 4.68 Å². The number of nitrogens with zero attached hydrogens (tertiary/aromatic N) is 2. The van der Waals surface area contributed by atoms with Crippen LogP contribution in [0.4, 0.5) is 30.7 Å². The number of hydrogen-bond donors (Lipinski definition) is 1. The van der Waals surface area contributed by atoms with Gasteiger partial charge in [0.1, 0.15) is 5.56 Å². The van der Waals surface area contributed by atoms with Gasteiger partial charge in [-0.05, 0) is 5.41 Å². The fourth-order valence-electron chi connectivity index (χ4n) is 3.90. The monoisotopic (exact) mass is 388 g/mol. The molecule has 0 atom stereocenters. The van der Waals surface area contributed by atoms with Gasteiger partial charge in [-0.2, -0.15) is 18.3 Å². The molecule has 0 radical (unpaired) electrons. The van der Waals surface area contributed by atoms with Crippen molar-refractivity contribution in [2.24, 2.45) is 5.41 Å². The summed E-state index contributed by atoms with van der Waals surface area (Å²) in [6.07, 6.45) is -8.06. The van der Waals surface area contributed by atoms with Crippen LogP contribution < -0.4 is 0 Å². The second-order valence-electron chi connectivity index (χ2n) is 7.55. The third-order valence-corrected chi connectivity index (χ3v) is 4.84. The number of rotatable bonds is 4. The predicted octanol–water partition coefficient (Wildman–Crippen LogP) is 4.55. The van der Waals surface area contributed by atoms with Crippen molar-refractivity contribution in [3.63, 3.8) is 0 Å². The summed E-state index contributed by atoms with van der Waals surface area (Å²) < 4.78 is 93.2. The molecule has 0 aromatic carbocycles. The second kappa shape index (κ2) is 5.35. The van der Waals surface area contributed by atoms with Gasteiger partial charge in [0.2, 0.25) is 11.8 Å². The van der Waals surface area contributed by atoms with Crippen molar-refractivity contribution in [2.45, 2.75) is 63.1 Å². The molecule has 2 saturated carbocycles. The highest BCUT2D eigenvalue weighted by molar-refractivity contribution is 5.88. The van der Waals surface area contributed by atoms with E-state index in [1.54, 1.807) is 0 Å². The summed E-state index contributed by atoms with van der Waals surface area (Å²) in [5, 5.41) is 12.9. The van der Waals surface area contributed by atoms with Crippen molar-refractivity contribution in [1.82, 2.24) is 9.78 Å². The van der Waals surface area contributed by atoms with Crippen molar-refractivity contribution in [3.8, 4) is 0 Å². The molecule has 2 aliphatic carbocycles. The summed E-state index contributed by atoms with van der Waals surface area (Å²) in [6.45, 7) is 0.929. The molecule has 4 nitrogen and oxygen atoms in total. The number of aromatic carboxylic acids is 1. The second-order valence-corrected chi connectivity index (χ2v) is 7.55. The quantitative estimate of drug-likeness (QED) is 0.770. The van der Waals surface area contributed by atoms with Gasteiger partial charge in [-0.1, -0.05) is 6.92 Å². The van der Waals surface area contributed by atoms with Crippen molar-refractivity contribution in [2.75, 3.05) is 0 Å². The van der Waals surface area contributed by atoms with Crippen molar-refractivity contribution in [1.29, 1.82) is 0 Å². The lowest BCUT2D eigenvalue weighted by Crippen LogP contribution is -2.47. The zero-order chi connectivity index (χ0) is 19.7. The Labute approximate surface area is 143 Å². The van der Waals surface area contributed by atoms with Gasteiger partial charge in [-0.25, -0.2) is 22.4 Å². The Hall–Kier alpha value is -1.81. The van der Waals surface area contributed by atoms with E-state index in [1.807, 2.05) is 0 Å². The smallest absolute Gasteiger partial charge is 0.420 e. The van der Waals surface area contributed by atoms with Gasteiger partial charge in [0.05, 0.1) is 5.69 Å². The highest BCUT2D eigenvalue weighted by Crippen LogP contribution is 2.54. The molecule has 146 valence electrons. The molecule has 0 bridgehead atoms. The molecule has 1 aromatic heterocycles. The normalized spacial score (nSPS) is 24.0. The topological polar surface area (TPSA) is 55.1 Å². The number of hydrogen-bond acceptors (Lipinski definition) is 2. The summed E-state index contributed by atoms with van der Waals surface area (Å²) in [4.78, 5) is 11.4. The summed E-state index contributed by atoms with van der Waals surface area (Å²) in [7, 11) is 0. The van der Waals surface area contributed by atoms with E-state index in [0.717, 1.165) is 0 Å². The minimum atomic E-state index is -5.11. The first-order chi connectivity index (χ1) is 11.6. The Balaban J connectivity index is 2.02. The third-order valence-electron chi connectivity index (χ3n) is 4.84. The summed E-state index contributed by atoms with van der Waals surface area (Å²) in [5.41, 5.74) is -4.64. The number of aromatic nitrogens is 2. The molecule has 0 amide bonds. The maximum absolute atomic E-state index is 13.4. The number of carbonyl (C=O) groups is 1. The van der Waals surface area contributed by atoms with Crippen molar-refractivity contribution < 1.29 is 40.6 Å². The van der Waals surface area contributed by atoms with E-state index in [0.29, 0.717) is 4.68 Å². The minimum absolute atomic E-state index is 0.462. The molecule has 0 spiro atoms. The first-order valence-corrected chi connectivity index (χ1v) is 7.79. The predicted molar refractivity (Wildman–Crippen MR) is 73.4 cm³/mol. The van der Waals surface area contributed by atoms with Gasteiger partial charge in [0.15, 0.2) is 5.69 Å². The molecule has 0 aliphatic heterocycles. The van der Waals surface area contributed by atoms with Crippen LogP contribution in [0.3, 0.4) is 0 Å². The third kappa shape index (κ3) is 3.27. The van der Waals surface area contributed by atoms with Crippen molar-refractivity contribution in [3.05, 3.63) is 17.0 Å². The van der Waals surface area contributed by atoms with Gasteiger partial charge in [0.25, 0.3) is 0 Å². The zero-order valence-electron chi connectivity index (χ0n) is 13.5. The van der Waals surface area contributed by atoms with E-state index >= 15 is 0 Å². The largest absolute Gasteiger partial charge is 0.477 e. The molecule has 0 unspecified atom stereocenters. The standard InChI is InChI=1S/C15H15F7N2O2/c1-12(4-14(18,19)5-12)6-24-10(11(25)26)8(15(20,21)22)9(23-24)7-2-13(16,17)3-7/h7H,2-6H2,1H3,(H,25,26). The zero-order valence-corrected chi connectivity index (χ0v) is 13.5. The number of halogens is 7. The molecule has 1 aromatic rings. The molecule has 1 heterocycles.